The monoisotopic (exact) mass is 315 g/mol. The van der Waals surface area contributed by atoms with E-state index in [0.717, 1.165) is 32.6 Å². The van der Waals surface area contributed by atoms with Gasteiger partial charge in [-0.1, -0.05) is 37.0 Å². The van der Waals surface area contributed by atoms with E-state index in [4.69, 9.17) is 23.2 Å². The zero-order valence-electron chi connectivity index (χ0n) is 11.8. The van der Waals surface area contributed by atoms with Crippen molar-refractivity contribution in [3.8, 4) is 0 Å². The number of carbonyl (C=O) groups excluding carboxylic acids is 1. The van der Waals surface area contributed by atoms with Crippen LogP contribution >= 0.6 is 23.2 Å². The second kappa shape index (κ2) is 6.74. The van der Waals surface area contributed by atoms with Crippen molar-refractivity contribution in [2.24, 2.45) is 0 Å². The second-order valence-corrected chi connectivity index (χ2v) is 5.68. The summed E-state index contributed by atoms with van der Waals surface area (Å²) in [6.45, 7) is 7.86. The lowest BCUT2D eigenvalue weighted by molar-refractivity contribution is 0.0777. The van der Waals surface area contributed by atoms with Crippen molar-refractivity contribution in [1.29, 1.82) is 0 Å². The summed E-state index contributed by atoms with van der Waals surface area (Å²) in [5, 5.41) is 0.544. The first kappa shape index (κ1) is 15.5. The molecule has 1 aliphatic heterocycles. The van der Waals surface area contributed by atoms with E-state index in [-0.39, 0.29) is 11.1 Å². The molecule has 0 bridgehead atoms. The number of halogens is 2. The Hall–Kier alpha value is -0.840. The van der Waals surface area contributed by atoms with Crippen LogP contribution in [0.25, 0.3) is 0 Å². The molecule has 1 aromatic heterocycles. The number of carbonyl (C=O) groups is 1. The Morgan fingerprint density at radius 1 is 1.45 bits per heavy atom. The number of nitrogens with zero attached hydrogens (tertiary/aromatic N) is 3. The molecule has 0 N–H and O–H groups in total. The lowest BCUT2D eigenvalue weighted by Crippen LogP contribution is -2.38. The molecular weight excluding hydrogens is 297 g/mol. The van der Waals surface area contributed by atoms with E-state index >= 15 is 0 Å². The van der Waals surface area contributed by atoms with E-state index in [1.54, 1.807) is 6.07 Å². The van der Waals surface area contributed by atoms with Crippen LogP contribution < -0.4 is 0 Å². The molecule has 6 heteroatoms. The molecule has 0 radical (unpaired) electrons. The average Bonchev–Trinajstić information content (AvgIpc) is 2.92. The molecule has 4 nitrogen and oxygen atoms in total. The molecule has 0 aliphatic carbocycles. The number of likely N-dealkylation sites (N-methyl/N-ethyl adjacent to an activating group) is 1. The second-order valence-electron chi connectivity index (χ2n) is 4.91. The minimum Gasteiger partial charge on any atom is -0.337 e. The zero-order valence-corrected chi connectivity index (χ0v) is 13.3. The first-order valence-electron chi connectivity index (χ1n) is 6.91. The molecule has 1 fully saturated rings. The van der Waals surface area contributed by atoms with Crippen LogP contribution in [0.5, 0.6) is 0 Å². The van der Waals surface area contributed by atoms with E-state index in [9.17, 15) is 4.79 Å². The largest absolute Gasteiger partial charge is 0.337 e. The van der Waals surface area contributed by atoms with Gasteiger partial charge in [-0.2, -0.15) is 0 Å². The molecule has 1 amide bonds. The third-order valence-corrected chi connectivity index (χ3v) is 4.51. The Labute approximate surface area is 129 Å². The van der Waals surface area contributed by atoms with Gasteiger partial charge in [0.2, 0.25) is 0 Å². The molecule has 1 atom stereocenters. The highest BCUT2D eigenvalue weighted by Crippen LogP contribution is 2.22. The van der Waals surface area contributed by atoms with Gasteiger partial charge in [0.25, 0.3) is 5.91 Å². The van der Waals surface area contributed by atoms with Gasteiger partial charge in [0.1, 0.15) is 5.15 Å². The van der Waals surface area contributed by atoms with E-state index in [1.165, 1.54) is 6.20 Å². The van der Waals surface area contributed by atoms with Crippen LogP contribution in [0.1, 0.15) is 30.6 Å². The van der Waals surface area contributed by atoms with Gasteiger partial charge in [-0.25, -0.2) is 4.98 Å². The topological polar surface area (TPSA) is 36.4 Å². The minimum atomic E-state index is -0.0225. The number of likely N-dealkylation sites (tertiary alicyclic amines) is 1. The number of amides is 1. The summed E-state index contributed by atoms with van der Waals surface area (Å²) < 4.78 is 0. The fourth-order valence-electron chi connectivity index (χ4n) is 2.69. The van der Waals surface area contributed by atoms with Crippen molar-refractivity contribution >= 4 is 29.1 Å². The SMILES string of the molecule is CCN(CC)C1CCN(C(=O)c2cnc(Cl)c(Cl)c2)C1. The lowest BCUT2D eigenvalue weighted by Gasteiger charge is -2.26. The summed E-state index contributed by atoms with van der Waals surface area (Å²) in [5.74, 6) is -0.0225. The third kappa shape index (κ3) is 3.25. The van der Waals surface area contributed by atoms with Gasteiger partial charge < -0.3 is 4.90 Å². The van der Waals surface area contributed by atoms with Gasteiger partial charge in [-0.05, 0) is 25.6 Å². The number of aromatic nitrogens is 1. The summed E-state index contributed by atoms with van der Waals surface area (Å²) in [6, 6.07) is 2.04. The van der Waals surface area contributed by atoms with Gasteiger partial charge in [-0.3, -0.25) is 9.69 Å². The molecular formula is C14H19Cl2N3O. The minimum absolute atomic E-state index is 0.0225. The predicted molar refractivity (Wildman–Crippen MR) is 81.5 cm³/mol. The maximum absolute atomic E-state index is 12.4. The molecule has 20 heavy (non-hydrogen) atoms. The molecule has 1 aliphatic rings. The molecule has 2 rings (SSSR count). The number of hydrogen-bond acceptors (Lipinski definition) is 3. The van der Waals surface area contributed by atoms with Crippen molar-refractivity contribution in [2.45, 2.75) is 26.3 Å². The molecule has 1 aromatic rings. The van der Waals surface area contributed by atoms with Crippen molar-refractivity contribution in [2.75, 3.05) is 26.2 Å². The molecule has 0 spiro atoms. The maximum atomic E-state index is 12.4. The highest BCUT2D eigenvalue weighted by atomic mass is 35.5. The summed E-state index contributed by atoms with van der Waals surface area (Å²) >= 11 is 11.7. The Kier molecular flexibility index (Phi) is 5.24. The van der Waals surface area contributed by atoms with Gasteiger partial charge >= 0.3 is 0 Å². The van der Waals surface area contributed by atoms with E-state index in [2.05, 4.69) is 23.7 Å². The Balaban J connectivity index is 2.05. The Morgan fingerprint density at radius 3 is 2.75 bits per heavy atom. The highest BCUT2D eigenvalue weighted by molar-refractivity contribution is 6.41. The van der Waals surface area contributed by atoms with Crippen LogP contribution in [0.4, 0.5) is 0 Å². The fraction of sp³-hybridized carbons (Fsp3) is 0.571. The molecule has 0 aromatic carbocycles. The normalized spacial score (nSPS) is 18.9. The number of rotatable bonds is 4. The van der Waals surface area contributed by atoms with Crippen LogP contribution in [0.2, 0.25) is 10.2 Å². The van der Waals surface area contributed by atoms with Crippen LogP contribution in [0.3, 0.4) is 0 Å². The fourth-order valence-corrected chi connectivity index (χ4v) is 2.95. The average molecular weight is 316 g/mol. The quantitative estimate of drug-likeness (QED) is 0.801. The first-order valence-corrected chi connectivity index (χ1v) is 7.66. The molecule has 2 heterocycles. The number of pyridine rings is 1. The van der Waals surface area contributed by atoms with Crippen molar-refractivity contribution in [3.63, 3.8) is 0 Å². The van der Waals surface area contributed by atoms with Crippen LogP contribution in [-0.4, -0.2) is 52.9 Å². The first-order chi connectivity index (χ1) is 9.56. The molecule has 110 valence electrons. The maximum Gasteiger partial charge on any atom is 0.255 e. The van der Waals surface area contributed by atoms with Crippen molar-refractivity contribution in [3.05, 3.63) is 28.0 Å². The lowest BCUT2D eigenvalue weighted by atomic mass is 10.2. The summed E-state index contributed by atoms with van der Waals surface area (Å²) in [5.41, 5.74) is 0.500. The zero-order chi connectivity index (χ0) is 14.7. The summed E-state index contributed by atoms with van der Waals surface area (Å²) in [4.78, 5) is 20.6. The van der Waals surface area contributed by atoms with Crippen molar-refractivity contribution in [1.82, 2.24) is 14.8 Å². The van der Waals surface area contributed by atoms with E-state index in [1.807, 2.05) is 4.90 Å². The molecule has 1 saturated heterocycles. The Bertz CT molecular complexity index is 491. The third-order valence-electron chi connectivity index (χ3n) is 3.82. The van der Waals surface area contributed by atoms with E-state index in [0.29, 0.717) is 16.6 Å². The molecule has 1 unspecified atom stereocenters. The van der Waals surface area contributed by atoms with Gasteiger partial charge in [-0.15, -0.1) is 0 Å². The van der Waals surface area contributed by atoms with Gasteiger partial charge in [0.15, 0.2) is 0 Å². The van der Waals surface area contributed by atoms with Crippen LogP contribution in [0.15, 0.2) is 12.3 Å². The number of hydrogen-bond donors (Lipinski definition) is 0. The van der Waals surface area contributed by atoms with Crippen LogP contribution in [-0.2, 0) is 0 Å². The Morgan fingerprint density at radius 2 is 2.15 bits per heavy atom. The molecule has 0 saturated carbocycles. The summed E-state index contributed by atoms with van der Waals surface area (Å²) in [7, 11) is 0. The predicted octanol–water partition coefficient (Wildman–Crippen LogP) is 2.94. The van der Waals surface area contributed by atoms with Gasteiger partial charge in [0, 0.05) is 25.3 Å². The highest BCUT2D eigenvalue weighted by Gasteiger charge is 2.29. The smallest absolute Gasteiger partial charge is 0.255 e. The summed E-state index contributed by atoms with van der Waals surface area (Å²) in [6.07, 6.45) is 2.50. The van der Waals surface area contributed by atoms with Gasteiger partial charge in [0.05, 0.1) is 10.6 Å². The van der Waals surface area contributed by atoms with E-state index < -0.39 is 0 Å². The van der Waals surface area contributed by atoms with Crippen LogP contribution in [0, 0.1) is 0 Å². The van der Waals surface area contributed by atoms with Crippen molar-refractivity contribution < 1.29 is 4.79 Å². The standard InChI is InChI=1S/C14H19Cl2N3O/c1-3-18(4-2)11-5-6-19(9-11)14(20)10-7-12(15)13(16)17-8-10/h7-8,11H,3-6,9H2,1-2H3.